The Kier molecular flexibility index (Phi) is 5.39. The lowest BCUT2D eigenvalue weighted by Gasteiger charge is -2.16. The highest BCUT2D eigenvalue weighted by Crippen LogP contribution is 2.32. The number of rotatable bonds is 5. The second-order valence-electron chi connectivity index (χ2n) is 5.39. The van der Waals surface area contributed by atoms with Crippen LogP contribution >= 0.6 is 23.5 Å². The molecular weight excluding hydrogens is 360 g/mol. The molecule has 1 atom stereocenters. The molecule has 1 aliphatic heterocycles. The van der Waals surface area contributed by atoms with Crippen molar-refractivity contribution in [2.75, 3.05) is 20.0 Å². The fourth-order valence-electron chi connectivity index (χ4n) is 2.52. The SMILES string of the molecule is COC(=O)[C@@H](C)Sc1nc2c(c(=O)n1-c1cccc(OC)c1)SCC2. The van der Waals surface area contributed by atoms with Crippen LogP contribution < -0.4 is 10.3 Å². The van der Waals surface area contributed by atoms with Crippen molar-refractivity contribution in [3.8, 4) is 11.4 Å². The molecule has 0 N–H and O–H groups in total. The lowest BCUT2D eigenvalue weighted by Crippen LogP contribution is -2.25. The number of fused-ring (bicyclic) bond motifs is 1. The maximum absolute atomic E-state index is 13.0. The van der Waals surface area contributed by atoms with Crippen LogP contribution in [0.15, 0.2) is 39.1 Å². The summed E-state index contributed by atoms with van der Waals surface area (Å²) in [7, 11) is 2.93. The Bertz CT molecular complexity index is 866. The maximum atomic E-state index is 13.0. The molecule has 3 rings (SSSR count). The van der Waals surface area contributed by atoms with Crippen LogP contribution in [-0.2, 0) is 16.0 Å². The average Bonchev–Trinajstić information content (AvgIpc) is 3.10. The number of carbonyl (C=O) groups excluding carboxylic acids is 1. The van der Waals surface area contributed by atoms with E-state index in [9.17, 15) is 9.59 Å². The summed E-state index contributed by atoms with van der Waals surface area (Å²) < 4.78 is 11.6. The topological polar surface area (TPSA) is 70.4 Å². The van der Waals surface area contributed by atoms with Gasteiger partial charge < -0.3 is 9.47 Å². The monoisotopic (exact) mass is 378 g/mol. The van der Waals surface area contributed by atoms with Gasteiger partial charge in [0.05, 0.1) is 30.5 Å². The van der Waals surface area contributed by atoms with Crippen LogP contribution in [0.2, 0.25) is 0 Å². The third-order valence-corrected chi connectivity index (χ3v) is 5.93. The Morgan fingerprint density at radius 2 is 2.20 bits per heavy atom. The summed E-state index contributed by atoms with van der Waals surface area (Å²) in [6.45, 7) is 1.74. The molecule has 0 saturated carbocycles. The predicted molar refractivity (Wildman–Crippen MR) is 98.1 cm³/mol. The number of methoxy groups -OCH3 is 2. The lowest BCUT2D eigenvalue weighted by molar-refractivity contribution is -0.139. The van der Waals surface area contributed by atoms with Crippen molar-refractivity contribution in [2.45, 2.75) is 28.6 Å². The minimum atomic E-state index is -0.471. The number of ether oxygens (including phenoxy) is 2. The van der Waals surface area contributed by atoms with Crippen molar-refractivity contribution in [3.05, 3.63) is 40.3 Å². The van der Waals surface area contributed by atoms with Crippen LogP contribution in [0.1, 0.15) is 12.6 Å². The van der Waals surface area contributed by atoms with Gasteiger partial charge in [-0.3, -0.25) is 14.2 Å². The van der Waals surface area contributed by atoms with Gasteiger partial charge in [0.15, 0.2) is 5.16 Å². The van der Waals surface area contributed by atoms with Crippen molar-refractivity contribution in [1.29, 1.82) is 0 Å². The third-order valence-electron chi connectivity index (χ3n) is 3.79. The minimum Gasteiger partial charge on any atom is -0.497 e. The van der Waals surface area contributed by atoms with Crippen molar-refractivity contribution < 1.29 is 14.3 Å². The minimum absolute atomic E-state index is 0.111. The number of aromatic nitrogens is 2. The second kappa shape index (κ2) is 7.53. The molecule has 132 valence electrons. The third kappa shape index (κ3) is 3.55. The molecule has 0 bridgehead atoms. The van der Waals surface area contributed by atoms with Crippen LogP contribution in [0.3, 0.4) is 0 Å². The molecule has 0 unspecified atom stereocenters. The molecular formula is C17H18N2O4S2. The van der Waals surface area contributed by atoms with Gasteiger partial charge in [0.2, 0.25) is 0 Å². The van der Waals surface area contributed by atoms with Crippen LogP contribution in [0.5, 0.6) is 5.75 Å². The smallest absolute Gasteiger partial charge is 0.318 e. The van der Waals surface area contributed by atoms with E-state index in [-0.39, 0.29) is 11.5 Å². The fourth-order valence-corrected chi connectivity index (χ4v) is 4.51. The highest BCUT2D eigenvalue weighted by molar-refractivity contribution is 8.00. The molecule has 8 heteroatoms. The second-order valence-corrected chi connectivity index (χ2v) is 7.81. The number of benzene rings is 1. The van der Waals surface area contributed by atoms with Gasteiger partial charge in [0.1, 0.15) is 11.0 Å². The number of nitrogens with zero attached hydrogens (tertiary/aromatic N) is 2. The first-order valence-electron chi connectivity index (χ1n) is 7.72. The predicted octanol–water partition coefficient (Wildman–Crippen LogP) is 2.54. The lowest BCUT2D eigenvalue weighted by atomic mass is 10.3. The maximum Gasteiger partial charge on any atom is 0.318 e. The first-order valence-corrected chi connectivity index (χ1v) is 9.59. The Balaban J connectivity index is 2.14. The molecule has 1 aliphatic rings. The highest BCUT2D eigenvalue weighted by atomic mass is 32.2. The van der Waals surface area contributed by atoms with E-state index in [1.165, 1.54) is 30.6 Å². The van der Waals surface area contributed by atoms with Crippen LogP contribution in [0.25, 0.3) is 5.69 Å². The standard InChI is InChI=1S/C17H18N2O4S2/c1-10(16(21)23-3)25-17-18-13-7-8-24-14(13)15(20)19(17)11-5-4-6-12(9-11)22-2/h4-6,9-10H,7-8H2,1-3H3/t10-/m1/s1. The van der Waals surface area contributed by atoms with E-state index in [2.05, 4.69) is 4.98 Å². The van der Waals surface area contributed by atoms with E-state index in [1.54, 1.807) is 24.7 Å². The van der Waals surface area contributed by atoms with Crippen molar-refractivity contribution in [2.24, 2.45) is 0 Å². The fraction of sp³-hybridized carbons (Fsp3) is 0.353. The number of aryl methyl sites for hydroxylation is 1. The molecule has 25 heavy (non-hydrogen) atoms. The molecule has 0 saturated heterocycles. The van der Waals surface area contributed by atoms with E-state index in [1.807, 2.05) is 18.2 Å². The summed E-state index contributed by atoms with van der Waals surface area (Å²) in [6, 6.07) is 7.24. The van der Waals surface area contributed by atoms with Crippen molar-refractivity contribution in [1.82, 2.24) is 9.55 Å². The number of hydrogen-bond acceptors (Lipinski definition) is 7. The van der Waals surface area contributed by atoms with E-state index in [4.69, 9.17) is 9.47 Å². The van der Waals surface area contributed by atoms with Gasteiger partial charge in [0, 0.05) is 18.2 Å². The van der Waals surface area contributed by atoms with Gasteiger partial charge in [-0.2, -0.15) is 0 Å². The largest absolute Gasteiger partial charge is 0.497 e. The van der Waals surface area contributed by atoms with Gasteiger partial charge in [-0.15, -0.1) is 11.8 Å². The van der Waals surface area contributed by atoms with Gasteiger partial charge in [-0.1, -0.05) is 17.8 Å². The van der Waals surface area contributed by atoms with Crippen LogP contribution in [-0.4, -0.2) is 40.7 Å². The average molecular weight is 378 g/mol. The van der Waals surface area contributed by atoms with Crippen LogP contribution in [0.4, 0.5) is 0 Å². The summed E-state index contributed by atoms with van der Waals surface area (Å²) in [6.07, 6.45) is 0.758. The highest BCUT2D eigenvalue weighted by Gasteiger charge is 2.25. The molecule has 0 amide bonds. The summed E-state index contributed by atoms with van der Waals surface area (Å²) in [5.74, 6) is 1.14. The zero-order chi connectivity index (χ0) is 18.0. The van der Waals surface area contributed by atoms with Crippen molar-refractivity contribution >= 4 is 29.5 Å². The zero-order valence-corrected chi connectivity index (χ0v) is 15.8. The summed E-state index contributed by atoms with van der Waals surface area (Å²) in [4.78, 5) is 30.2. The summed E-state index contributed by atoms with van der Waals surface area (Å²) in [5, 5.41) is 0.0123. The van der Waals surface area contributed by atoms with E-state index >= 15 is 0 Å². The van der Waals surface area contributed by atoms with E-state index in [0.717, 1.165) is 17.9 Å². The molecule has 0 spiro atoms. The Morgan fingerprint density at radius 1 is 1.40 bits per heavy atom. The van der Waals surface area contributed by atoms with Crippen LogP contribution in [0, 0.1) is 0 Å². The summed E-state index contributed by atoms with van der Waals surface area (Å²) >= 11 is 2.74. The van der Waals surface area contributed by atoms with Crippen molar-refractivity contribution in [3.63, 3.8) is 0 Å². The number of hydrogen-bond donors (Lipinski definition) is 0. The van der Waals surface area contributed by atoms with Gasteiger partial charge >= 0.3 is 5.97 Å². The number of thioether (sulfide) groups is 2. The van der Waals surface area contributed by atoms with Gasteiger partial charge in [-0.25, -0.2) is 4.98 Å². The Hall–Kier alpha value is -1.93. The molecule has 6 nitrogen and oxygen atoms in total. The molecule has 0 aliphatic carbocycles. The molecule has 0 fully saturated rings. The summed E-state index contributed by atoms with van der Waals surface area (Å²) in [5.41, 5.74) is 1.35. The normalized spacial score (nSPS) is 14.0. The number of carbonyl (C=O) groups is 1. The first kappa shape index (κ1) is 17.9. The first-order chi connectivity index (χ1) is 12.0. The molecule has 2 heterocycles. The molecule has 1 aromatic heterocycles. The molecule has 0 radical (unpaired) electrons. The quantitative estimate of drug-likeness (QED) is 0.450. The van der Waals surface area contributed by atoms with Gasteiger partial charge in [0.25, 0.3) is 5.56 Å². The Morgan fingerprint density at radius 3 is 2.92 bits per heavy atom. The molecule has 1 aromatic carbocycles. The number of esters is 1. The zero-order valence-electron chi connectivity index (χ0n) is 14.1. The molecule has 2 aromatic rings. The Labute approximate surface area is 153 Å². The van der Waals surface area contributed by atoms with E-state index < -0.39 is 5.25 Å². The van der Waals surface area contributed by atoms with Gasteiger partial charge in [-0.05, 0) is 19.1 Å². The van der Waals surface area contributed by atoms with E-state index in [0.29, 0.717) is 21.5 Å².